The van der Waals surface area contributed by atoms with E-state index in [1.54, 1.807) is 0 Å². The van der Waals surface area contributed by atoms with Gasteiger partial charge in [-0.1, -0.05) is 29.8 Å². The molecular weight excluding hydrogens is 200 g/mol. The van der Waals surface area contributed by atoms with Crippen LogP contribution in [0.3, 0.4) is 0 Å². The van der Waals surface area contributed by atoms with Crippen molar-refractivity contribution >= 4 is 0 Å². The maximum atomic E-state index is 8.78. The fourth-order valence-electron chi connectivity index (χ4n) is 1.71. The van der Waals surface area contributed by atoms with Crippen LogP contribution >= 0.6 is 0 Å². The lowest BCUT2D eigenvalue weighted by atomic mass is 10.0. The van der Waals surface area contributed by atoms with Crippen LogP contribution in [0.15, 0.2) is 24.3 Å². The van der Waals surface area contributed by atoms with Crippen LogP contribution in [0.25, 0.3) is 0 Å². The van der Waals surface area contributed by atoms with Gasteiger partial charge in [-0.05, 0) is 32.5 Å². The Morgan fingerprint density at radius 2 is 2.12 bits per heavy atom. The van der Waals surface area contributed by atoms with Crippen molar-refractivity contribution in [2.45, 2.75) is 19.4 Å². The Labute approximate surface area is 97.9 Å². The summed E-state index contributed by atoms with van der Waals surface area (Å²) in [6.45, 7) is 3.90. The van der Waals surface area contributed by atoms with Crippen LogP contribution in [0.2, 0.25) is 0 Å². The molecule has 0 aliphatic carbocycles. The molecule has 1 aromatic rings. The molecule has 1 unspecified atom stereocenters. The summed E-state index contributed by atoms with van der Waals surface area (Å²) in [6.07, 6.45) is 0.917. The lowest BCUT2D eigenvalue weighted by Gasteiger charge is -2.18. The van der Waals surface area contributed by atoms with Crippen molar-refractivity contribution < 1.29 is 5.11 Å². The smallest absolute Gasteiger partial charge is 0.0558 e. The number of benzene rings is 1. The number of aliphatic hydroxyl groups excluding tert-OH is 1. The predicted molar refractivity (Wildman–Crippen MR) is 67.3 cm³/mol. The van der Waals surface area contributed by atoms with Crippen LogP contribution in [0.5, 0.6) is 0 Å². The van der Waals surface area contributed by atoms with Crippen molar-refractivity contribution in [1.82, 2.24) is 4.90 Å². The molecule has 0 bridgehead atoms. The summed E-state index contributed by atoms with van der Waals surface area (Å²) in [5.74, 6) is 0. The third-order valence-corrected chi connectivity index (χ3v) is 2.77. The van der Waals surface area contributed by atoms with Crippen molar-refractivity contribution in [2.75, 3.05) is 26.7 Å². The van der Waals surface area contributed by atoms with Gasteiger partial charge in [0, 0.05) is 12.6 Å². The summed E-state index contributed by atoms with van der Waals surface area (Å²) in [7, 11) is 2.00. The first kappa shape index (κ1) is 13.2. The number of hydrogen-bond donors (Lipinski definition) is 2. The number of rotatable bonds is 6. The monoisotopic (exact) mass is 222 g/mol. The summed E-state index contributed by atoms with van der Waals surface area (Å²) in [5.41, 5.74) is 8.56. The molecule has 3 N–H and O–H groups in total. The average molecular weight is 222 g/mol. The minimum absolute atomic E-state index is 0.0843. The third kappa shape index (κ3) is 4.31. The summed E-state index contributed by atoms with van der Waals surface area (Å²) < 4.78 is 0. The highest BCUT2D eigenvalue weighted by Gasteiger charge is 2.07. The van der Waals surface area contributed by atoms with Crippen LogP contribution in [-0.2, 0) is 0 Å². The largest absolute Gasteiger partial charge is 0.395 e. The lowest BCUT2D eigenvalue weighted by molar-refractivity contribution is 0.217. The normalized spacial score (nSPS) is 13.1. The molecule has 0 saturated carbocycles. The molecule has 0 fully saturated rings. The number of likely N-dealkylation sites (N-methyl/N-ethyl adjacent to an activating group) is 1. The molecule has 0 heterocycles. The predicted octanol–water partition coefficient (Wildman–Crippen LogP) is 1.31. The second-order valence-corrected chi connectivity index (χ2v) is 4.34. The minimum atomic E-state index is 0.0843. The van der Waals surface area contributed by atoms with Gasteiger partial charge in [0.05, 0.1) is 6.61 Å². The summed E-state index contributed by atoms with van der Waals surface area (Å²) in [5, 5.41) is 8.78. The number of hydrogen-bond acceptors (Lipinski definition) is 3. The molecule has 0 saturated heterocycles. The molecule has 1 rings (SSSR count). The van der Waals surface area contributed by atoms with Crippen molar-refractivity contribution in [2.24, 2.45) is 5.73 Å². The van der Waals surface area contributed by atoms with Crippen molar-refractivity contribution in [1.29, 1.82) is 0 Å². The van der Waals surface area contributed by atoms with Crippen molar-refractivity contribution in [3.63, 3.8) is 0 Å². The third-order valence-electron chi connectivity index (χ3n) is 2.77. The maximum absolute atomic E-state index is 8.78. The first-order valence-corrected chi connectivity index (χ1v) is 5.75. The summed E-state index contributed by atoms with van der Waals surface area (Å²) in [6, 6.07) is 8.41. The quantitative estimate of drug-likeness (QED) is 0.763. The number of aliphatic hydroxyl groups is 1. The topological polar surface area (TPSA) is 49.5 Å². The molecule has 0 spiro atoms. The van der Waals surface area contributed by atoms with Gasteiger partial charge in [-0.3, -0.25) is 0 Å². The second-order valence-electron chi connectivity index (χ2n) is 4.34. The first-order valence-electron chi connectivity index (χ1n) is 5.75. The Kier molecular flexibility index (Phi) is 5.46. The van der Waals surface area contributed by atoms with E-state index < -0.39 is 0 Å². The molecule has 0 aliphatic rings. The van der Waals surface area contributed by atoms with Gasteiger partial charge < -0.3 is 15.7 Å². The standard InChI is InChI=1S/C13H22N2O/c1-11-4-3-5-12(10-11)13(14)6-7-15(2)8-9-16/h3-5,10,13,16H,6-9,14H2,1-2H3. The highest BCUT2D eigenvalue weighted by atomic mass is 16.3. The van der Waals surface area contributed by atoms with Gasteiger partial charge in [0.1, 0.15) is 0 Å². The fourth-order valence-corrected chi connectivity index (χ4v) is 1.71. The maximum Gasteiger partial charge on any atom is 0.0558 e. The molecule has 0 radical (unpaired) electrons. The minimum Gasteiger partial charge on any atom is -0.395 e. The highest BCUT2D eigenvalue weighted by Crippen LogP contribution is 2.15. The van der Waals surface area contributed by atoms with E-state index in [1.165, 1.54) is 11.1 Å². The molecule has 1 atom stereocenters. The molecular formula is C13H22N2O. The molecule has 1 aromatic carbocycles. The Morgan fingerprint density at radius 1 is 1.38 bits per heavy atom. The zero-order chi connectivity index (χ0) is 12.0. The molecule has 3 nitrogen and oxygen atoms in total. The molecule has 0 aromatic heterocycles. The van der Waals surface area contributed by atoms with Crippen molar-refractivity contribution in [3.05, 3.63) is 35.4 Å². The van der Waals surface area contributed by atoms with Crippen LogP contribution in [0.1, 0.15) is 23.6 Å². The lowest BCUT2D eigenvalue weighted by Crippen LogP contribution is -2.26. The average Bonchev–Trinajstić information content (AvgIpc) is 2.26. The van der Waals surface area contributed by atoms with Gasteiger partial charge in [0.2, 0.25) is 0 Å². The molecule has 16 heavy (non-hydrogen) atoms. The van der Waals surface area contributed by atoms with Crippen LogP contribution < -0.4 is 5.73 Å². The van der Waals surface area contributed by atoms with Crippen LogP contribution in [0, 0.1) is 6.92 Å². The summed E-state index contributed by atoms with van der Waals surface area (Å²) in [4.78, 5) is 2.09. The van der Waals surface area contributed by atoms with Gasteiger partial charge >= 0.3 is 0 Å². The first-order chi connectivity index (χ1) is 7.63. The van der Waals surface area contributed by atoms with E-state index in [0.29, 0.717) is 6.54 Å². The molecule has 0 aliphatic heterocycles. The van der Waals surface area contributed by atoms with Crippen LogP contribution in [0.4, 0.5) is 0 Å². The van der Waals surface area contributed by atoms with Gasteiger partial charge in [-0.2, -0.15) is 0 Å². The Balaban J connectivity index is 2.43. The summed E-state index contributed by atoms with van der Waals surface area (Å²) >= 11 is 0. The van der Waals surface area contributed by atoms with E-state index in [1.807, 2.05) is 13.1 Å². The van der Waals surface area contributed by atoms with E-state index in [9.17, 15) is 0 Å². The van der Waals surface area contributed by atoms with E-state index in [0.717, 1.165) is 13.0 Å². The highest BCUT2D eigenvalue weighted by molar-refractivity contribution is 5.24. The van der Waals surface area contributed by atoms with Crippen molar-refractivity contribution in [3.8, 4) is 0 Å². The second kappa shape index (κ2) is 6.63. The van der Waals surface area contributed by atoms with Gasteiger partial charge in [0.25, 0.3) is 0 Å². The molecule has 90 valence electrons. The zero-order valence-corrected chi connectivity index (χ0v) is 10.2. The number of aryl methyl sites for hydroxylation is 1. The van der Waals surface area contributed by atoms with Crippen LogP contribution in [-0.4, -0.2) is 36.8 Å². The Hall–Kier alpha value is -0.900. The zero-order valence-electron chi connectivity index (χ0n) is 10.2. The van der Waals surface area contributed by atoms with E-state index in [2.05, 4.69) is 30.0 Å². The van der Waals surface area contributed by atoms with Gasteiger partial charge in [0.15, 0.2) is 0 Å². The van der Waals surface area contributed by atoms with Gasteiger partial charge in [-0.15, -0.1) is 0 Å². The Morgan fingerprint density at radius 3 is 2.75 bits per heavy atom. The fraction of sp³-hybridized carbons (Fsp3) is 0.538. The number of nitrogens with zero attached hydrogens (tertiary/aromatic N) is 1. The van der Waals surface area contributed by atoms with E-state index in [4.69, 9.17) is 10.8 Å². The SMILES string of the molecule is Cc1cccc(C(N)CCN(C)CCO)c1. The molecule has 0 amide bonds. The Bertz CT molecular complexity index is 315. The molecule has 3 heteroatoms. The number of nitrogens with two attached hydrogens (primary N) is 1. The van der Waals surface area contributed by atoms with Gasteiger partial charge in [-0.25, -0.2) is 0 Å². The van der Waals surface area contributed by atoms with E-state index >= 15 is 0 Å². The van der Waals surface area contributed by atoms with E-state index in [-0.39, 0.29) is 12.6 Å².